The molecule has 5 heteroatoms. The van der Waals surface area contributed by atoms with E-state index < -0.39 is 21.3 Å². The van der Waals surface area contributed by atoms with Crippen LogP contribution in [-0.2, 0) is 19.1 Å². The van der Waals surface area contributed by atoms with Crippen LogP contribution in [0.15, 0.2) is 30.3 Å². The second kappa shape index (κ2) is 2.56. The maximum atomic E-state index is 11.0. The normalized spacial score (nSPS) is 24.6. The lowest BCUT2D eigenvalue weighted by atomic mass is 10.1. The number of carbonyl (C=O) groups is 1. The zero-order valence-electron chi connectivity index (χ0n) is 6.51. The zero-order chi connectivity index (χ0) is 9.47. The van der Waals surface area contributed by atoms with E-state index in [1.807, 2.05) is 0 Å². The van der Waals surface area contributed by atoms with Gasteiger partial charge in [0.1, 0.15) is 0 Å². The van der Waals surface area contributed by atoms with Crippen molar-refractivity contribution < 1.29 is 17.4 Å². The Bertz CT molecular complexity index is 434. The van der Waals surface area contributed by atoms with Crippen molar-refractivity contribution in [1.82, 2.24) is 0 Å². The molecule has 0 radical (unpaired) electrons. The molecule has 1 saturated heterocycles. The monoisotopic (exact) mass is 198 g/mol. The average Bonchev–Trinajstić information content (AvgIpc) is 2.04. The van der Waals surface area contributed by atoms with E-state index in [2.05, 4.69) is 4.18 Å². The summed E-state index contributed by atoms with van der Waals surface area (Å²) in [6, 6.07) is 8.28. The van der Waals surface area contributed by atoms with Gasteiger partial charge in [-0.3, -0.25) is 0 Å². The van der Waals surface area contributed by atoms with E-state index in [0.29, 0.717) is 5.56 Å². The van der Waals surface area contributed by atoms with Crippen molar-refractivity contribution in [2.24, 2.45) is 0 Å². The lowest BCUT2D eigenvalue weighted by Crippen LogP contribution is -2.38. The molecule has 1 aliphatic rings. The fourth-order valence-corrected chi connectivity index (χ4v) is 2.26. The van der Waals surface area contributed by atoms with Crippen LogP contribution in [0.2, 0.25) is 0 Å². The highest BCUT2D eigenvalue weighted by Crippen LogP contribution is 2.34. The molecule has 1 heterocycles. The van der Waals surface area contributed by atoms with Gasteiger partial charge in [-0.05, 0) is 5.56 Å². The van der Waals surface area contributed by atoms with Gasteiger partial charge in [0.05, 0.1) is 0 Å². The molecule has 68 valence electrons. The summed E-state index contributed by atoms with van der Waals surface area (Å²) in [6.45, 7) is 0. The number of carbonyl (C=O) groups excluding carboxylic acids is 1. The van der Waals surface area contributed by atoms with Crippen molar-refractivity contribution >= 4 is 16.1 Å². The number of hydrogen-bond acceptors (Lipinski definition) is 4. The molecule has 4 nitrogen and oxygen atoms in total. The summed E-state index contributed by atoms with van der Waals surface area (Å²) in [5, 5.41) is -1.12. The van der Waals surface area contributed by atoms with Gasteiger partial charge in [-0.2, -0.15) is 8.42 Å². The van der Waals surface area contributed by atoms with Crippen molar-refractivity contribution in [1.29, 1.82) is 0 Å². The van der Waals surface area contributed by atoms with Crippen molar-refractivity contribution in [2.75, 3.05) is 0 Å². The predicted octanol–water partition coefficient (Wildman–Crippen LogP) is 0.614. The molecule has 1 aromatic carbocycles. The third kappa shape index (κ3) is 1.21. The fourth-order valence-electron chi connectivity index (χ4n) is 1.21. The van der Waals surface area contributed by atoms with E-state index in [0.717, 1.165) is 0 Å². The Morgan fingerprint density at radius 2 is 1.77 bits per heavy atom. The first kappa shape index (κ1) is 8.25. The van der Waals surface area contributed by atoms with Gasteiger partial charge in [-0.15, -0.1) is 0 Å². The largest absolute Gasteiger partial charge is 0.348 e. The molecule has 0 saturated carbocycles. The molecule has 1 atom stereocenters. The standard InChI is InChI=1S/C8H6O4S/c9-8-7(13(10,11)12-8)6-4-2-1-3-5-6/h1-5,7H. The third-order valence-corrected chi connectivity index (χ3v) is 3.24. The Morgan fingerprint density at radius 1 is 1.15 bits per heavy atom. The first-order chi connectivity index (χ1) is 6.11. The summed E-state index contributed by atoms with van der Waals surface area (Å²) >= 11 is 0. The molecule has 0 amide bonds. The zero-order valence-corrected chi connectivity index (χ0v) is 7.32. The topological polar surface area (TPSA) is 60.4 Å². The molecule has 1 aliphatic heterocycles. The summed E-state index contributed by atoms with van der Waals surface area (Å²) < 4.78 is 26.0. The molecule has 0 aromatic heterocycles. The summed E-state index contributed by atoms with van der Waals surface area (Å²) in [5.41, 5.74) is 0.457. The molecule has 1 aromatic rings. The van der Waals surface area contributed by atoms with Gasteiger partial charge in [-0.1, -0.05) is 30.3 Å². The molecule has 2 rings (SSSR count). The smallest absolute Gasteiger partial charge is 0.343 e. The SMILES string of the molecule is O=C1OS(=O)(=O)C1c1ccccc1. The van der Waals surface area contributed by atoms with Crippen LogP contribution in [0.5, 0.6) is 0 Å². The quantitative estimate of drug-likeness (QED) is 0.620. The molecular formula is C8H6O4S. The highest BCUT2D eigenvalue weighted by atomic mass is 32.2. The number of hydrogen-bond donors (Lipinski definition) is 0. The van der Waals surface area contributed by atoms with Gasteiger partial charge in [0.2, 0.25) is 5.25 Å². The minimum atomic E-state index is -3.67. The molecular weight excluding hydrogens is 192 g/mol. The van der Waals surface area contributed by atoms with Crippen LogP contribution in [-0.4, -0.2) is 14.4 Å². The molecule has 13 heavy (non-hydrogen) atoms. The van der Waals surface area contributed by atoms with E-state index >= 15 is 0 Å². The van der Waals surface area contributed by atoms with E-state index in [1.54, 1.807) is 30.3 Å². The van der Waals surface area contributed by atoms with E-state index in [9.17, 15) is 13.2 Å². The summed E-state index contributed by atoms with van der Waals surface area (Å²) in [5.74, 6) is -0.703. The minimum Gasteiger partial charge on any atom is -0.343 e. The van der Waals surface area contributed by atoms with Crippen LogP contribution < -0.4 is 0 Å². The van der Waals surface area contributed by atoms with Crippen LogP contribution in [0, 0.1) is 0 Å². The highest BCUT2D eigenvalue weighted by Gasteiger charge is 2.49. The summed E-state index contributed by atoms with van der Waals surface area (Å²) in [6.07, 6.45) is 0. The lowest BCUT2D eigenvalue weighted by molar-refractivity contribution is -0.138. The Hall–Kier alpha value is -1.36. The average molecular weight is 198 g/mol. The molecule has 0 N–H and O–H groups in total. The Balaban J connectivity index is 2.43. The summed E-state index contributed by atoms with van der Waals surface area (Å²) in [4.78, 5) is 10.8. The molecule has 0 aliphatic carbocycles. The maximum absolute atomic E-state index is 11.0. The van der Waals surface area contributed by atoms with Crippen molar-refractivity contribution in [3.63, 3.8) is 0 Å². The van der Waals surface area contributed by atoms with Gasteiger partial charge in [-0.25, -0.2) is 4.79 Å². The van der Waals surface area contributed by atoms with Gasteiger partial charge in [0, 0.05) is 0 Å². The van der Waals surface area contributed by atoms with Gasteiger partial charge in [0.25, 0.3) is 0 Å². The van der Waals surface area contributed by atoms with Crippen LogP contribution >= 0.6 is 0 Å². The van der Waals surface area contributed by atoms with E-state index in [4.69, 9.17) is 0 Å². The van der Waals surface area contributed by atoms with Crippen molar-refractivity contribution in [3.05, 3.63) is 35.9 Å². The van der Waals surface area contributed by atoms with Crippen molar-refractivity contribution in [3.8, 4) is 0 Å². The molecule has 0 spiro atoms. The number of rotatable bonds is 1. The fraction of sp³-hybridized carbons (Fsp3) is 0.125. The number of benzene rings is 1. The predicted molar refractivity (Wildman–Crippen MR) is 44.2 cm³/mol. The second-order valence-electron chi connectivity index (χ2n) is 2.69. The van der Waals surface area contributed by atoms with Crippen LogP contribution in [0.25, 0.3) is 0 Å². The Kier molecular flexibility index (Phi) is 1.63. The van der Waals surface area contributed by atoms with E-state index in [1.165, 1.54) is 0 Å². The Morgan fingerprint density at radius 3 is 2.23 bits per heavy atom. The van der Waals surface area contributed by atoms with Crippen molar-refractivity contribution in [2.45, 2.75) is 5.25 Å². The lowest BCUT2D eigenvalue weighted by Gasteiger charge is -2.23. The maximum Gasteiger partial charge on any atom is 0.348 e. The Labute approximate surface area is 75.3 Å². The van der Waals surface area contributed by atoms with Gasteiger partial charge < -0.3 is 4.18 Å². The van der Waals surface area contributed by atoms with Crippen LogP contribution in [0.4, 0.5) is 0 Å². The van der Waals surface area contributed by atoms with E-state index in [-0.39, 0.29) is 0 Å². The molecule has 1 unspecified atom stereocenters. The second-order valence-corrected chi connectivity index (χ2v) is 4.31. The summed E-state index contributed by atoms with van der Waals surface area (Å²) in [7, 11) is -3.67. The van der Waals surface area contributed by atoms with Crippen LogP contribution in [0.1, 0.15) is 10.8 Å². The minimum absolute atomic E-state index is 0.457. The van der Waals surface area contributed by atoms with Gasteiger partial charge in [0.15, 0.2) is 0 Å². The van der Waals surface area contributed by atoms with Crippen LogP contribution in [0.3, 0.4) is 0 Å². The highest BCUT2D eigenvalue weighted by molar-refractivity contribution is 7.90. The third-order valence-electron chi connectivity index (χ3n) is 1.80. The first-order valence-corrected chi connectivity index (χ1v) is 5.10. The molecule has 0 bridgehead atoms. The molecule has 1 fully saturated rings. The first-order valence-electron chi connectivity index (χ1n) is 3.63. The van der Waals surface area contributed by atoms with Gasteiger partial charge >= 0.3 is 16.1 Å².